The summed E-state index contributed by atoms with van der Waals surface area (Å²) in [5.41, 5.74) is 3.52. The molecule has 0 fully saturated rings. The van der Waals surface area contributed by atoms with Crippen LogP contribution in [0.2, 0.25) is 0 Å². The molecule has 6 nitrogen and oxygen atoms in total. The number of nitrogens with zero attached hydrogens (tertiary/aromatic N) is 2. The minimum Gasteiger partial charge on any atom is -0.324 e. The van der Waals surface area contributed by atoms with Crippen molar-refractivity contribution in [2.24, 2.45) is 0 Å². The number of carbonyl (C=O) groups is 1. The lowest BCUT2D eigenvalue weighted by molar-refractivity contribution is -0.117. The predicted octanol–water partition coefficient (Wildman–Crippen LogP) is 4.27. The molecule has 0 bridgehead atoms. The van der Waals surface area contributed by atoms with Crippen LogP contribution in [0.4, 0.5) is 11.4 Å². The van der Waals surface area contributed by atoms with Gasteiger partial charge in [-0.05, 0) is 56.0 Å². The molecule has 4 rings (SSSR count). The van der Waals surface area contributed by atoms with Crippen LogP contribution in [-0.4, -0.2) is 25.9 Å². The van der Waals surface area contributed by atoms with Gasteiger partial charge in [0.1, 0.15) is 0 Å². The molecule has 0 aliphatic carbocycles. The largest absolute Gasteiger partial charge is 0.324 e. The van der Waals surface area contributed by atoms with Gasteiger partial charge in [-0.3, -0.25) is 14.1 Å². The van der Waals surface area contributed by atoms with E-state index in [2.05, 4.69) is 10.3 Å². The van der Waals surface area contributed by atoms with Gasteiger partial charge in [-0.2, -0.15) is 0 Å². The van der Waals surface area contributed by atoms with Crippen LogP contribution in [0.15, 0.2) is 71.8 Å². The summed E-state index contributed by atoms with van der Waals surface area (Å²) in [6.45, 7) is 4.08. The van der Waals surface area contributed by atoms with Crippen molar-refractivity contribution in [3.8, 4) is 0 Å². The average Bonchev–Trinajstić information content (AvgIpc) is 2.78. The molecular formula is C24H25N3O3S. The highest BCUT2D eigenvalue weighted by atomic mass is 32.2. The number of sulfonamides is 1. The first-order chi connectivity index (χ1) is 14.9. The van der Waals surface area contributed by atoms with Crippen LogP contribution in [0.25, 0.3) is 0 Å². The fourth-order valence-electron chi connectivity index (χ4n) is 3.77. The molecular weight excluding hydrogens is 410 g/mol. The molecule has 0 spiro atoms. The SMILES string of the molecule is Cc1cccc(S(=O)(=O)N2CCCc3ncc(NC(=O)C(C)c4ccccc4)cc32)c1. The van der Waals surface area contributed by atoms with Crippen LogP contribution in [0, 0.1) is 6.92 Å². The Morgan fingerprint density at radius 3 is 2.61 bits per heavy atom. The van der Waals surface area contributed by atoms with Crippen molar-refractivity contribution in [3.05, 3.63) is 83.7 Å². The van der Waals surface area contributed by atoms with E-state index in [0.717, 1.165) is 16.8 Å². The van der Waals surface area contributed by atoms with Crippen molar-refractivity contribution < 1.29 is 13.2 Å². The van der Waals surface area contributed by atoms with Gasteiger partial charge in [-0.1, -0.05) is 42.5 Å². The third kappa shape index (κ3) is 4.32. The molecule has 1 N–H and O–H groups in total. The number of pyridine rings is 1. The van der Waals surface area contributed by atoms with Gasteiger partial charge >= 0.3 is 0 Å². The van der Waals surface area contributed by atoms with Crippen molar-refractivity contribution in [1.29, 1.82) is 0 Å². The molecule has 7 heteroatoms. The first-order valence-corrected chi connectivity index (χ1v) is 11.7. The van der Waals surface area contributed by atoms with Crippen LogP contribution in [0.3, 0.4) is 0 Å². The van der Waals surface area contributed by atoms with E-state index in [1.54, 1.807) is 30.5 Å². The van der Waals surface area contributed by atoms with E-state index < -0.39 is 10.0 Å². The molecule has 2 heterocycles. The van der Waals surface area contributed by atoms with Gasteiger partial charge in [0.2, 0.25) is 5.91 Å². The van der Waals surface area contributed by atoms with E-state index in [4.69, 9.17) is 0 Å². The summed E-state index contributed by atoms with van der Waals surface area (Å²) < 4.78 is 28.1. The Balaban J connectivity index is 1.63. The summed E-state index contributed by atoms with van der Waals surface area (Å²) in [6, 6.07) is 18.1. The zero-order valence-corrected chi connectivity index (χ0v) is 18.4. The fourth-order valence-corrected chi connectivity index (χ4v) is 5.39. The number of benzene rings is 2. The lowest BCUT2D eigenvalue weighted by atomic mass is 10.0. The van der Waals surface area contributed by atoms with Gasteiger partial charge in [0.15, 0.2) is 0 Å². The molecule has 1 aliphatic heterocycles. The summed E-state index contributed by atoms with van der Waals surface area (Å²) in [4.78, 5) is 17.5. The lowest BCUT2D eigenvalue weighted by Gasteiger charge is -2.30. The normalized spacial score (nSPS) is 14.6. The molecule has 1 unspecified atom stereocenters. The third-order valence-electron chi connectivity index (χ3n) is 5.53. The Kier molecular flexibility index (Phi) is 5.78. The van der Waals surface area contributed by atoms with Gasteiger partial charge in [0, 0.05) is 6.54 Å². The molecule has 1 amide bonds. The summed E-state index contributed by atoms with van der Waals surface area (Å²) in [6.07, 6.45) is 2.99. The molecule has 0 radical (unpaired) electrons. The number of anilines is 2. The highest BCUT2D eigenvalue weighted by Crippen LogP contribution is 2.33. The van der Waals surface area contributed by atoms with E-state index in [1.807, 2.05) is 50.2 Å². The Morgan fingerprint density at radius 2 is 1.87 bits per heavy atom. The number of hydrogen-bond donors (Lipinski definition) is 1. The second-order valence-electron chi connectivity index (χ2n) is 7.81. The van der Waals surface area contributed by atoms with E-state index in [1.165, 1.54) is 4.31 Å². The van der Waals surface area contributed by atoms with Crippen molar-refractivity contribution in [1.82, 2.24) is 4.98 Å². The first-order valence-electron chi connectivity index (χ1n) is 10.3. The van der Waals surface area contributed by atoms with Crippen LogP contribution >= 0.6 is 0 Å². The van der Waals surface area contributed by atoms with Crippen molar-refractivity contribution in [3.63, 3.8) is 0 Å². The highest BCUT2D eigenvalue weighted by molar-refractivity contribution is 7.92. The van der Waals surface area contributed by atoms with Gasteiger partial charge in [0.25, 0.3) is 10.0 Å². The second kappa shape index (κ2) is 8.51. The average molecular weight is 436 g/mol. The van der Waals surface area contributed by atoms with Gasteiger partial charge in [0.05, 0.1) is 34.1 Å². The van der Waals surface area contributed by atoms with Crippen LogP contribution < -0.4 is 9.62 Å². The number of fused-ring (bicyclic) bond motifs is 1. The van der Waals surface area contributed by atoms with E-state index in [0.29, 0.717) is 30.8 Å². The monoisotopic (exact) mass is 435 g/mol. The number of rotatable bonds is 5. The molecule has 1 atom stereocenters. The maximum absolute atomic E-state index is 13.3. The zero-order chi connectivity index (χ0) is 22.0. The Hall–Kier alpha value is -3.19. The molecule has 0 saturated heterocycles. The summed E-state index contributed by atoms with van der Waals surface area (Å²) in [5.74, 6) is -0.513. The van der Waals surface area contributed by atoms with Crippen molar-refractivity contribution in [2.75, 3.05) is 16.2 Å². The molecule has 1 aromatic heterocycles. The Labute approximate surface area is 183 Å². The van der Waals surface area contributed by atoms with Crippen molar-refractivity contribution in [2.45, 2.75) is 37.5 Å². The number of amides is 1. The minimum atomic E-state index is -3.72. The van der Waals surface area contributed by atoms with E-state index in [-0.39, 0.29) is 16.7 Å². The van der Waals surface area contributed by atoms with E-state index >= 15 is 0 Å². The van der Waals surface area contributed by atoms with Crippen LogP contribution in [-0.2, 0) is 21.2 Å². The third-order valence-corrected chi connectivity index (χ3v) is 7.34. The van der Waals surface area contributed by atoms with Crippen molar-refractivity contribution >= 4 is 27.3 Å². The molecule has 0 saturated carbocycles. The standard InChI is InChI=1S/C24H25N3O3S/c1-17-8-6-11-21(14-17)31(29,30)27-13-7-12-22-23(27)15-20(16-25-22)26-24(28)18(2)19-9-4-3-5-10-19/h3-6,8-11,14-16,18H,7,12-13H2,1-2H3,(H,26,28). The second-order valence-corrected chi connectivity index (χ2v) is 9.67. The quantitative estimate of drug-likeness (QED) is 0.649. The number of hydrogen-bond acceptors (Lipinski definition) is 4. The summed E-state index contributed by atoms with van der Waals surface area (Å²) in [5, 5.41) is 2.89. The maximum Gasteiger partial charge on any atom is 0.264 e. The number of aryl methyl sites for hydroxylation is 2. The Bertz CT molecular complexity index is 1210. The maximum atomic E-state index is 13.3. The Morgan fingerprint density at radius 1 is 1.10 bits per heavy atom. The lowest BCUT2D eigenvalue weighted by Crippen LogP contribution is -2.36. The number of carbonyl (C=O) groups excluding carboxylic acids is 1. The van der Waals surface area contributed by atoms with Crippen LogP contribution in [0.1, 0.15) is 36.1 Å². The highest BCUT2D eigenvalue weighted by Gasteiger charge is 2.30. The van der Waals surface area contributed by atoms with Gasteiger partial charge < -0.3 is 5.32 Å². The van der Waals surface area contributed by atoms with Gasteiger partial charge in [-0.15, -0.1) is 0 Å². The molecule has 2 aromatic carbocycles. The molecule has 31 heavy (non-hydrogen) atoms. The topological polar surface area (TPSA) is 79.4 Å². The fraction of sp³-hybridized carbons (Fsp3) is 0.250. The molecule has 160 valence electrons. The van der Waals surface area contributed by atoms with Crippen LogP contribution in [0.5, 0.6) is 0 Å². The zero-order valence-electron chi connectivity index (χ0n) is 17.6. The number of nitrogens with one attached hydrogen (secondary N) is 1. The summed E-state index contributed by atoms with van der Waals surface area (Å²) in [7, 11) is -3.72. The van der Waals surface area contributed by atoms with E-state index in [9.17, 15) is 13.2 Å². The smallest absolute Gasteiger partial charge is 0.264 e. The first kappa shape index (κ1) is 21.1. The summed E-state index contributed by atoms with van der Waals surface area (Å²) >= 11 is 0. The molecule has 3 aromatic rings. The van der Waals surface area contributed by atoms with Gasteiger partial charge in [-0.25, -0.2) is 8.42 Å². The minimum absolute atomic E-state index is 0.170. The molecule has 1 aliphatic rings. The number of aromatic nitrogens is 1. The predicted molar refractivity (Wildman–Crippen MR) is 122 cm³/mol.